The smallest absolute Gasteiger partial charge is 0.254 e. The molecule has 2 aliphatic heterocycles. The normalized spacial score (nSPS) is 17.1. The van der Waals surface area contributed by atoms with E-state index in [-0.39, 0.29) is 23.5 Å². The number of hydrogen-bond acceptors (Lipinski definition) is 3. The van der Waals surface area contributed by atoms with Gasteiger partial charge in [0.15, 0.2) is 5.78 Å². The molecular formula is C26H30N2O3. The first kappa shape index (κ1) is 21.3. The Morgan fingerprint density at radius 3 is 2.06 bits per heavy atom. The maximum atomic E-state index is 13.3. The third-order valence-electron chi connectivity index (χ3n) is 6.72. The molecule has 0 unspecified atom stereocenters. The Balaban J connectivity index is 1.48. The number of benzene rings is 2. The molecule has 5 nitrogen and oxygen atoms in total. The van der Waals surface area contributed by atoms with Gasteiger partial charge in [-0.2, -0.15) is 0 Å². The lowest BCUT2D eigenvalue weighted by Crippen LogP contribution is -2.44. The highest BCUT2D eigenvalue weighted by Gasteiger charge is 2.32. The Bertz CT molecular complexity index is 999. The number of aryl methyl sites for hydroxylation is 2. The van der Waals surface area contributed by atoms with Crippen LogP contribution < -0.4 is 0 Å². The Kier molecular flexibility index (Phi) is 6.21. The fourth-order valence-corrected chi connectivity index (χ4v) is 4.60. The summed E-state index contributed by atoms with van der Waals surface area (Å²) >= 11 is 0. The summed E-state index contributed by atoms with van der Waals surface area (Å²) < 4.78 is 0. The van der Waals surface area contributed by atoms with Crippen molar-refractivity contribution in [1.29, 1.82) is 0 Å². The Hall–Kier alpha value is -2.95. The number of hydrogen-bond donors (Lipinski definition) is 0. The van der Waals surface area contributed by atoms with Crippen LogP contribution in [0.5, 0.6) is 0 Å². The second kappa shape index (κ2) is 9.04. The van der Waals surface area contributed by atoms with Crippen LogP contribution in [0.2, 0.25) is 0 Å². The minimum Gasteiger partial charge on any atom is -0.342 e. The molecule has 4 rings (SSSR count). The van der Waals surface area contributed by atoms with E-state index in [4.69, 9.17) is 0 Å². The molecule has 0 aromatic heterocycles. The van der Waals surface area contributed by atoms with E-state index >= 15 is 0 Å². The van der Waals surface area contributed by atoms with Crippen LogP contribution in [-0.4, -0.2) is 53.6 Å². The van der Waals surface area contributed by atoms with E-state index in [1.165, 1.54) is 0 Å². The molecule has 2 saturated heterocycles. The van der Waals surface area contributed by atoms with Gasteiger partial charge in [-0.1, -0.05) is 30.3 Å². The van der Waals surface area contributed by atoms with Crippen molar-refractivity contribution in [3.05, 3.63) is 70.3 Å². The lowest BCUT2D eigenvalue weighted by atomic mass is 9.93. The second-order valence-electron chi connectivity index (χ2n) is 8.77. The Morgan fingerprint density at radius 1 is 0.774 bits per heavy atom. The van der Waals surface area contributed by atoms with Crippen LogP contribution in [0.1, 0.15) is 63.1 Å². The summed E-state index contributed by atoms with van der Waals surface area (Å²) in [6.07, 6.45) is 3.56. The molecule has 0 spiro atoms. The second-order valence-corrected chi connectivity index (χ2v) is 8.77. The van der Waals surface area contributed by atoms with Gasteiger partial charge in [0, 0.05) is 43.2 Å². The number of carbonyl (C=O) groups excluding carboxylic acids is 3. The first-order chi connectivity index (χ1) is 15.0. The van der Waals surface area contributed by atoms with Crippen LogP contribution >= 0.6 is 0 Å². The predicted octanol–water partition coefficient (Wildman–Crippen LogP) is 4.01. The summed E-state index contributed by atoms with van der Waals surface area (Å²) in [6, 6.07) is 12.7. The Morgan fingerprint density at radius 2 is 1.42 bits per heavy atom. The van der Waals surface area contributed by atoms with E-state index in [1.54, 1.807) is 29.2 Å². The van der Waals surface area contributed by atoms with Gasteiger partial charge in [0.05, 0.1) is 5.56 Å². The number of likely N-dealkylation sites (tertiary alicyclic amines) is 2. The van der Waals surface area contributed by atoms with Crippen LogP contribution in [0.25, 0.3) is 0 Å². The van der Waals surface area contributed by atoms with Gasteiger partial charge in [0.2, 0.25) is 5.91 Å². The molecule has 0 N–H and O–H groups in total. The maximum Gasteiger partial charge on any atom is 0.254 e. The maximum absolute atomic E-state index is 13.3. The SMILES string of the molecule is Cc1ccc(C(=O)c2ccccc2C(=O)N2CCC(C(=O)N3CCCC3)CC2)cc1C. The van der Waals surface area contributed by atoms with Crippen molar-refractivity contribution < 1.29 is 14.4 Å². The number of rotatable bonds is 4. The molecule has 2 aliphatic rings. The number of carbonyl (C=O) groups is 3. The fraction of sp³-hybridized carbons (Fsp3) is 0.423. The standard InChI is InChI=1S/C26H30N2O3/c1-18-9-10-21(17-19(18)2)24(29)22-7-3-4-8-23(22)26(31)28-15-11-20(12-16-28)25(30)27-13-5-6-14-27/h3-4,7-10,17,20H,5-6,11-16H2,1-2H3. The lowest BCUT2D eigenvalue weighted by Gasteiger charge is -2.33. The third-order valence-corrected chi connectivity index (χ3v) is 6.72. The first-order valence-corrected chi connectivity index (χ1v) is 11.2. The van der Waals surface area contributed by atoms with Crippen molar-refractivity contribution in [2.45, 2.75) is 39.5 Å². The Labute approximate surface area is 184 Å². The summed E-state index contributed by atoms with van der Waals surface area (Å²) in [6.45, 7) is 6.83. The van der Waals surface area contributed by atoms with Gasteiger partial charge in [-0.05, 0) is 62.8 Å². The van der Waals surface area contributed by atoms with Gasteiger partial charge in [0.1, 0.15) is 0 Å². The summed E-state index contributed by atoms with van der Waals surface area (Å²) in [5.74, 6) is -0.00419. The van der Waals surface area contributed by atoms with Crippen molar-refractivity contribution in [3.63, 3.8) is 0 Å². The molecule has 162 valence electrons. The van der Waals surface area contributed by atoms with E-state index in [9.17, 15) is 14.4 Å². The molecule has 2 aromatic rings. The van der Waals surface area contributed by atoms with Gasteiger partial charge in [0.25, 0.3) is 5.91 Å². The van der Waals surface area contributed by atoms with Crippen molar-refractivity contribution in [3.8, 4) is 0 Å². The van der Waals surface area contributed by atoms with Crippen molar-refractivity contribution >= 4 is 17.6 Å². The quantitative estimate of drug-likeness (QED) is 0.705. The zero-order valence-electron chi connectivity index (χ0n) is 18.4. The molecular weight excluding hydrogens is 388 g/mol. The molecule has 0 saturated carbocycles. The number of ketones is 1. The minimum atomic E-state index is -0.133. The molecule has 0 atom stereocenters. The molecule has 0 radical (unpaired) electrons. The van der Waals surface area contributed by atoms with E-state index in [0.717, 1.165) is 37.1 Å². The molecule has 0 bridgehead atoms. The zero-order chi connectivity index (χ0) is 22.0. The van der Waals surface area contributed by atoms with Gasteiger partial charge >= 0.3 is 0 Å². The lowest BCUT2D eigenvalue weighted by molar-refractivity contribution is -0.135. The van der Waals surface area contributed by atoms with Gasteiger partial charge in [-0.25, -0.2) is 0 Å². The highest BCUT2D eigenvalue weighted by Crippen LogP contribution is 2.25. The highest BCUT2D eigenvalue weighted by molar-refractivity contribution is 6.15. The first-order valence-electron chi connectivity index (χ1n) is 11.2. The van der Waals surface area contributed by atoms with Gasteiger partial charge in [-0.15, -0.1) is 0 Å². The van der Waals surface area contributed by atoms with E-state index in [2.05, 4.69) is 0 Å². The number of amides is 2. The molecule has 0 aliphatic carbocycles. The van der Waals surface area contributed by atoms with Crippen molar-refractivity contribution in [1.82, 2.24) is 9.80 Å². The predicted molar refractivity (Wildman–Crippen MR) is 120 cm³/mol. The summed E-state index contributed by atoms with van der Waals surface area (Å²) in [4.78, 5) is 42.9. The van der Waals surface area contributed by atoms with Crippen LogP contribution in [-0.2, 0) is 4.79 Å². The molecule has 2 aromatic carbocycles. The van der Waals surface area contributed by atoms with Gasteiger partial charge < -0.3 is 9.80 Å². The average Bonchev–Trinajstić information content (AvgIpc) is 3.34. The summed E-state index contributed by atoms with van der Waals surface area (Å²) in [5, 5.41) is 0. The summed E-state index contributed by atoms with van der Waals surface area (Å²) in [5.41, 5.74) is 3.66. The minimum absolute atomic E-state index is 0.00885. The van der Waals surface area contributed by atoms with E-state index in [0.29, 0.717) is 42.6 Å². The van der Waals surface area contributed by atoms with E-state index < -0.39 is 0 Å². The molecule has 2 heterocycles. The third kappa shape index (κ3) is 4.41. The van der Waals surface area contributed by atoms with Gasteiger partial charge in [-0.3, -0.25) is 14.4 Å². The topological polar surface area (TPSA) is 57.7 Å². The highest BCUT2D eigenvalue weighted by atomic mass is 16.2. The monoisotopic (exact) mass is 418 g/mol. The molecule has 5 heteroatoms. The number of piperidine rings is 1. The molecule has 31 heavy (non-hydrogen) atoms. The van der Waals surface area contributed by atoms with Crippen LogP contribution in [0.4, 0.5) is 0 Å². The van der Waals surface area contributed by atoms with Crippen molar-refractivity contribution in [2.75, 3.05) is 26.2 Å². The molecule has 2 amide bonds. The fourth-order valence-electron chi connectivity index (χ4n) is 4.60. The van der Waals surface area contributed by atoms with Crippen LogP contribution in [0.3, 0.4) is 0 Å². The zero-order valence-corrected chi connectivity index (χ0v) is 18.4. The summed E-state index contributed by atoms with van der Waals surface area (Å²) in [7, 11) is 0. The largest absolute Gasteiger partial charge is 0.342 e. The van der Waals surface area contributed by atoms with Crippen LogP contribution in [0.15, 0.2) is 42.5 Å². The van der Waals surface area contributed by atoms with Crippen molar-refractivity contribution in [2.24, 2.45) is 5.92 Å². The van der Waals surface area contributed by atoms with Crippen LogP contribution in [0, 0.1) is 19.8 Å². The number of nitrogens with zero attached hydrogens (tertiary/aromatic N) is 2. The molecule has 2 fully saturated rings. The average molecular weight is 419 g/mol. The van der Waals surface area contributed by atoms with E-state index in [1.807, 2.05) is 36.9 Å².